The Morgan fingerprint density at radius 1 is 1.00 bits per heavy atom. The minimum atomic E-state index is -1.13. The molecule has 0 rings (SSSR count). The summed E-state index contributed by atoms with van der Waals surface area (Å²) in [6.07, 6.45) is -1.84. The summed E-state index contributed by atoms with van der Waals surface area (Å²) in [7, 11) is 1.39. The van der Waals surface area contributed by atoms with E-state index in [9.17, 15) is 14.4 Å². The summed E-state index contributed by atoms with van der Waals surface area (Å²) in [4.78, 5) is 37.3. The molecule has 1 amide bonds. The van der Waals surface area contributed by atoms with E-state index in [1.165, 1.54) is 7.05 Å². The average molecular weight is 346 g/mol. The van der Waals surface area contributed by atoms with E-state index in [1.807, 2.05) is 0 Å². The van der Waals surface area contributed by atoms with Crippen LogP contribution in [0.3, 0.4) is 0 Å². The number of rotatable bonds is 4. The Kier molecular flexibility index (Phi) is 7.69. The van der Waals surface area contributed by atoms with E-state index < -0.39 is 41.4 Å². The lowest BCUT2D eigenvalue weighted by atomic mass is 10.0. The van der Waals surface area contributed by atoms with Gasteiger partial charge in [-0.25, -0.2) is 14.4 Å². The first-order chi connectivity index (χ1) is 10.7. The molecule has 24 heavy (non-hydrogen) atoms. The Bertz CT molecular complexity index is 464. The maximum atomic E-state index is 12.3. The van der Waals surface area contributed by atoms with Crippen molar-refractivity contribution in [3.63, 3.8) is 0 Å². The van der Waals surface area contributed by atoms with E-state index in [0.29, 0.717) is 0 Å². The second kappa shape index (κ2) is 8.32. The van der Waals surface area contributed by atoms with Gasteiger partial charge in [-0.15, -0.1) is 0 Å². The van der Waals surface area contributed by atoms with Crippen molar-refractivity contribution >= 4 is 18.2 Å². The van der Waals surface area contributed by atoms with E-state index in [2.05, 4.69) is 0 Å². The summed E-state index contributed by atoms with van der Waals surface area (Å²) in [5.74, 6) is -1.37. The second-order valence-electron chi connectivity index (χ2n) is 7.63. The van der Waals surface area contributed by atoms with Crippen molar-refractivity contribution < 1.29 is 28.6 Å². The van der Waals surface area contributed by atoms with Crippen LogP contribution >= 0.6 is 0 Å². The fourth-order valence-corrected chi connectivity index (χ4v) is 1.76. The minimum Gasteiger partial charge on any atom is -0.444 e. The monoisotopic (exact) mass is 346 g/mol. The van der Waals surface area contributed by atoms with Gasteiger partial charge in [-0.05, 0) is 54.0 Å². The molecule has 0 spiro atoms. The van der Waals surface area contributed by atoms with Crippen LogP contribution in [-0.4, -0.2) is 54.0 Å². The topological polar surface area (TPSA) is 108 Å². The first kappa shape index (κ1) is 22.2. The molecule has 0 aromatic heterocycles. The maximum absolute atomic E-state index is 12.3. The predicted molar refractivity (Wildman–Crippen MR) is 88.3 cm³/mol. The number of hydrogen-bond donors (Lipinski definition) is 1. The molecule has 8 heteroatoms. The lowest BCUT2D eigenvalue weighted by Crippen LogP contribution is -2.51. The van der Waals surface area contributed by atoms with E-state index in [1.54, 1.807) is 48.5 Å². The largest absolute Gasteiger partial charge is 0.516 e. The van der Waals surface area contributed by atoms with Crippen LogP contribution in [0.5, 0.6) is 0 Å². The van der Waals surface area contributed by atoms with Gasteiger partial charge in [-0.2, -0.15) is 0 Å². The molecule has 0 radical (unpaired) electrons. The summed E-state index contributed by atoms with van der Waals surface area (Å²) in [5, 5.41) is 0. The Labute approximate surface area is 143 Å². The number of hydrogen-bond acceptors (Lipinski definition) is 7. The maximum Gasteiger partial charge on any atom is 0.516 e. The Morgan fingerprint density at radius 2 is 1.46 bits per heavy atom. The van der Waals surface area contributed by atoms with Crippen molar-refractivity contribution in [3.8, 4) is 0 Å². The minimum absolute atomic E-state index is 0.112. The van der Waals surface area contributed by atoms with Gasteiger partial charge in [0.15, 0.2) is 0 Å². The van der Waals surface area contributed by atoms with Gasteiger partial charge < -0.3 is 19.9 Å². The fourth-order valence-electron chi connectivity index (χ4n) is 1.76. The standard InChI is InChI=1S/C16H30N2O6/c1-10(9-17)11(18(8)13(20)23-15(2,3)4)12(19)22-14(21)24-16(5,6)7/h10-11H,9,17H2,1-8H3/t10?,11-/m0/s1. The summed E-state index contributed by atoms with van der Waals surface area (Å²) in [6.45, 7) is 11.8. The number of amides is 1. The molecule has 2 atom stereocenters. The number of carbonyl (C=O) groups excluding carboxylic acids is 3. The average Bonchev–Trinajstić information content (AvgIpc) is 2.33. The molecule has 0 aromatic rings. The summed E-state index contributed by atoms with van der Waals surface area (Å²) in [5.41, 5.74) is 4.08. The lowest BCUT2D eigenvalue weighted by molar-refractivity contribution is -0.148. The van der Waals surface area contributed by atoms with Crippen LogP contribution in [0.15, 0.2) is 0 Å². The van der Waals surface area contributed by atoms with Crippen LogP contribution in [-0.2, 0) is 19.0 Å². The molecule has 0 aliphatic heterocycles. The molecular weight excluding hydrogens is 316 g/mol. The molecule has 1 unspecified atom stereocenters. The van der Waals surface area contributed by atoms with Gasteiger partial charge in [-0.1, -0.05) is 6.92 Å². The first-order valence-electron chi connectivity index (χ1n) is 7.78. The number of ether oxygens (including phenoxy) is 3. The predicted octanol–water partition coefficient (Wildman–Crippen LogP) is 2.29. The number of nitrogens with two attached hydrogens (primary N) is 1. The van der Waals surface area contributed by atoms with Crippen molar-refractivity contribution in [3.05, 3.63) is 0 Å². The molecule has 140 valence electrons. The van der Waals surface area contributed by atoms with Gasteiger partial charge in [0.25, 0.3) is 0 Å². The molecule has 2 N–H and O–H groups in total. The van der Waals surface area contributed by atoms with E-state index in [4.69, 9.17) is 19.9 Å². The third kappa shape index (κ3) is 8.14. The quantitative estimate of drug-likeness (QED) is 0.614. The van der Waals surface area contributed by atoms with E-state index in [0.717, 1.165) is 4.90 Å². The van der Waals surface area contributed by atoms with Crippen molar-refractivity contribution in [1.29, 1.82) is 0 Å². The van der Waals surface area contributed by atoms with Gasteiger partial charge in [0.05, 0.1) is 0 Å². The van der Waals surface area contributed by atoms with Crippen LogP contribution in [0.2, 0.25) is 0 Å². The van der Waals surface area contributed by atoms with Crippen LogP contribution in [0, 0.1) is 5.92 Å². The highest BCUT2D eigenvalue weighted by Crippen LogP contribution is 2.17. The SMILES string of the molecule is CC(CN)[C@@H](C(=O)OC(=O)OC(C)(C)C)N(C)C(=O)OC(C)(C)C. The molecule has 0 saturated heterocycles. The third-order valence-electron chi connectivity index (χ3n) is 2.82. The molecular formula is C16H30N2O6. The molecule has 0 aliphatic rings. The van der Waals surface area contributed by atoms with Gasteiger partial charge in [0.2, 0.25) is 0 Å². The van der Waals surface area contributed by atoms with Crippen LogP contribution in [0.1, 0.15) is 48.5 Å². The number of nitrogens with zero attached hydrogens (tertiary/aromatic N) is 1. The number of likely N-dealkylation sites (N-methyl/N-ethyl adjacent to an activating group) is 1. The molecule has 0 fully saturated rings. The van der Waals surface area contributed by atoms with E-state index >= 15 is 0 Å². The Hall–Kier alpha value is -1.83. The normalized spacial score (nSPS) is 14.4. The first-order valence-corrected chi connectivity index (χ1v) is 7.78. The molecule has 0 aromatic carbocycles. The van der Waals surface area contributed by atoms with Gasteiger partial charge in [0.1, 0.15) is 17.2 Å². The highest BCUT2D eigenvalue weighted by molar-refractivity contribution is 5.88. The van der Waals surface area contributed by atoms with Crippen LogP contribution in [0.25, 0.3) is 0 Å². The van der Waals surface area contributed by atoms with Gasteiger partial charge in [-0.3, -0.25) is 4.90 Å². The Balaban J connectivity index is 5.16. The molecule has 0 heterocycles. The molecule has 0 aliphatic carbocycles. The fraction of sp³-hybridized carbons (Fsp3) is 0.812. The molecule has 0 bridgehead atoms. The number of esters is 1. The van der Waals surface area contributed by atoms with Gasteiger partial charge >= 0.3 is 18.2 Å². The van der Waals surface area contributed by atoms with E-state index in [-0.39, 0.29) is 6.54 Å². The highest BCUT2D eigenvalue weighted by atomic mass is 16.7. The summed E-state index contributed by atoms with van der Waals surface area (Å²) < 4.78 is 14.9. The zero-order valence-electron chi connectivity index (χ0n) is 15.8. The van der Waals surface area contributed by atoms with Crippen LogP contribution < -0.4 is 5.73 Å². The van der Waals surface area contributed by atoms with Crippen molar-refractivity contribution in [2.45, 2.75) is 65.7 Å². The summed E-state index contributed by atoms with van der Waals surface area (Å²) >= 11 is 0. The summed E-state index contributed by atoms with van der Waals surface area (Å²) in [6, 6.07) is -1.07. The smallest absolute Gasteiger partial charge is 0.444 e. The zero-order valence-corrected chi connectivity index (χ0v) is 15.8. The van der Waals surface area contributed by atoms with Crippen molar-refractivity contribution in [2.24, 2.45) is 11.7 Å². The van der Waals surface area contributed by atoms with Crippen LogP contribution in [0.4, 0.5) is 9.59 Å². The Morgan fingerprint density at radius 3 is 1.83 bits per heavy atom. The molecule has 8 nitrogen and oxygen atoms in total. The van der Waals surface area contributed by atoms with Gasteiger partial charge in [0, 0.05) is 7.05 Å². The van der Waals surface area contributed by atoms with Crippen molar-refractivity contribution in [2.75, 3.05) is 13.6 Å². The zero-order chi connectivity index (χ0) is 19.3. The van der Waals surface area contributed by atoms with Crippen molar-refractivity contribution in [1.82, 2.24) is 4.90 Å². The highest BCUT2D eigenvalue weighted by Gasteiger charge is 2.37. The second-order valence-corrected chi connectivity index (χ2v) is 7.63. The molecule has 0 saturated carbocycles. The lowest BCUT2D eigenvalue weighted by Gasteiger charge is -2.32. The third-order valence-corrected chi connectivity index (χ3v) is 2.82. The number of carbonyl (C=O) groups is 3.